The molecule has 0 saturated heterocycles. The average molecular weight is 360 g/mol. The Balaban J connectivity index is 1.92. The molecule has 26 heavy (non-hydrogen) atoms. The van der Waals surface area contributed by atoms with Crippen LogP contribution in [0.15, 0.2) is 108 Å². The van der Waals surface area contributed by atoms with E-state index in [1.54, 1.807) is 24.3 Å². The number of allylic oxidation sites excluding steroid dienone is 2. The van der Waals surface area contributed by atoms with Crippen molar-refractivity contribution in [2.45, 2.75) is 4.90 Å². The van der Waals surface area contributed by atoms with E-state index in [1.165, 1.54) is 0 Å². The van der Waals surface area contributed by atoms with Crippen molar-refractivity contribution in [1.29, 1.82) is 0 Å². The predicted molar refractivity (Wildman–Crippen MR) is 108 cm³/mol. The number of hydrogen-bond acceptors (Lipinski definition) is 2. The van der Waals surface area contributed by atoms with Crippen molar-refractivity contribution >= 4 is 21.5 Å². The highest BCUT2D eigenvalue weighted by molar-refractivity contribution is 7.91. The fourth-order valence-corrected chi connectivity index (χ4v) is 4.05. The highest BCUT2D eigenvalue weighted by Gasteiger charge is 2.17. The molecule has 3 rings (SSSR count). The van der Waals surface area contributed by atoms with Crippen molar-refractivity contribution in [2.75, 3.05) is 5.75 Å². The maximum Gasteiger partial charge on any atom is 0.182 e. The lowest BCUT2D eigenvalue weighted by Gasteiger charge is -2.09. The van der Waals surface area contributed by atoms with Crippen molar-refractivity contribution in [3.8, 4) is 0 Å². The molecule has 3 aromatic rings. The van der Waals surface area contributed by atoms with E-state index < -0.39 is 9.84 Å². The van der Waals surface area contributed by atoms with Crippen molar-refractivity contribution < 1.29 is 8.42 Å². The van der Waals surface area contributed by atoms with Gasteiger partial charge in [-0.1, -0.05) is 97.1 Å². The summed E-state index contributed by atoms with van der Waals surface area (Å²) in [6.07, 6.45) is 5.75. The second-order valence-electron chi connectivity index (χ2n) is 5.90. The molecule has 0 spiro atoms. The van der Waals surface area contributed by atoms with E-state index >= 15 is 0 Å². The van der Waals surface area contributed by atoms with Crippen LogP contribution in [0, 0.1) is 0 Å². The minimum atomic E-state index is -3.40. The topological polar surface area (TPSA) is 34.1 Å². The third-order valence-corrected chi connectivity index (χ3v) is 5.66. The molecule has 0 bridgehead atoms. The maximum absolute atomic E-state index is 12.8. The second-order valence-corrected chi connectivity index (χ2v) is 7.89. The summed E-state index contributed by atoms with van der Waals surface area (Å²) in [6.45, 7) is 0. The van der Waals surface area contributed by atoms with Gasteiger partial charge < -0.3 is 0 Å². The van der Waals surface area contributed by atoms with Crippen LogP contribution in [0.2, 0.25) is 0 Å². The molecule has 2 nitrogen and oxygen atoms in total. The van der Waals surface area contributed by atoms with Crippen molar-refractivity contribution in [3.63, 3.8) is 0 Å². The van der Waals surface area contributed by atoms with Crippen LogP contribution in [0.5, 0.6) is 0 Å². The number of sulfone groups is 1. The molecule has 0 fully saturated rings. The van der Waals surface area contributed by atoms with Gasteiger partial charge in [0.2, 0.25) is 0 Å². The Hall–Kier alpha value is -2.91. The Labute approximate surface area is 155 Å². The Morgan fingerprint density at radius 3 is 1.88 bits per heavy atom. The highest BCUT2D eigenvalue weighted by atomic mass is 32.2. The number of hydrogen-bond donors (Lipinski definition) is 0. The molecule has 3 heteroatoms. The van der Waals surface area contributed by atoms with Gasteiger partial charge in [-0.15, -0.1) is 0 Å². The first-order valence-corrected chi connectivity index (χ1v) is 10.1. The first-order valence-electron chi connectivity index (χ1n) is 8.41. The van der Waals surface area contributed by atoms with Crippen LogP contribution in [0.1, 0.15) is 11.1 Å². The Morgan fingerprint density at radius 2 is 1.27 bits per heavy atom. The summed E-state index contributed by atoms with van der Waals surface area (Å²) < 4.78 is 25.6. The van der Waals surface area contributed by atoms with E-state index in [9.17, 15) is 8.42 Å². The Kier molecular flexibility index (Phi) is 5.82. The summed E-state index contributed by atoms with van der Waals surface area (Å²) in [6, 6.07) is 28.1. The van der Waals surface area contributed by atoms with Gasteiger partial charge in [-0.05, 0) is 28.8 Å². The standard InChI is InChI=1S/C23H20O2S/c24-26(25,23-17-8-3-9-18-23)19-22(21-14-6-2-7-15-21)16-10-13-20-11-4-1-5-12-20/h1-18H,19H2/b13-10+,22-16-. The molecule has 0 heterocycles. The van der Waals surface area contributed by atoms with Crippen molar-refractivity contribution in [1.82, 2.24) is 0 Å². The molecular formula is C23H20O2S. The molecule has 0 amide bonds. The molecule has 3 aromatic carbocycles. The summed E-state index contributed by atoms with van der Waals surface area (Å²) in [5.41, 5.74) is 2.74. The molecule has 0 N–H and O–H groups in total. The smallest absolute Gasteiger partial charge is 0.182 e. The molecule has 0 saturated carbocycles. The van der Waals surface area contributed by atoms with Gasteiger partial charge in [0.15, 0.2) is 9.84 Å². The zero-order valence-corrected chi connectivity index (χ0v) is 15.1. The van der Waals surface area contributed by atoms with Crippen LogP contribution in [-0.2, 0) is 9.84 Å². The first-order chi connectivity index (χ1) is 12.6. The molecule has 0 aliphatic heterocycles. The Morgan fingerprint density at radius 1 is 0.731 bits per heavy atom. The SMILES string of the molecule is O=S(=O)(C/C(=C/C=C/c1ccccc1)c1ccccc1)c1ccccc1. The minimum Gasteiger partial charge on any atom is -0.223 e. The van der Waals surface area contributed by atoms with E-state index in [-0.39, 0.29) is 5.75 Å². The minimum absolute atomic E-state index is 0.0415. The van der Waals surface area contributed by atoms with Gasteiger partial charge in [-0.25, -0.2) is 8.42 Å². The van der Waals surface area contributed by atoms with Crippen LogP contribution in [-0.4, -0.2) is 14.2 Å². The van der Waals surface area contributed by atoms with E-state index in [0.717, 1.165) is 16.7 Å². The van der Waals surface area contributed by atoms with E-state index in [4.69, 9.17) is 0 Å². The summed E-state index contributed by atoms with van der Waals surface area (Å²) in [4.78, 5) is 0.342. The molecule has 0 aliphatic carbocycles. The molecular weight excluding hydrogens is 340 g/mol. The lowest BCUT2D eigenvalue weighted by molar-refractivity contribution is 0.599. The zero-order valence-electron chi connectivity index (χ0n) is 14.3. The van der Waals surface area contributed by atoms with Crippen LogP contribution in [0.25, 0.3) is 11.6 Å². The van der Waals surface area contributed by atoms with Gasteiger partial charge in [0.1, 0.15) is 0 Å². The second kappa shape index (κ2) is 8.45. The maximum atomic E-state index is 12.8. The summed E-state index contributed by atoms with van der Waals surface area (Å²) in [7, 11) is -3.40. The quantitative estimate of drug-likeness (QED) is 0.562. The van der Waals surface area contributed by atoms with Gasteiger partial charge in [0.25, 0.3) is 0 Å². The van der Waals surface area contributed by atoms with Crippen LogP contribution in [0.3, 0.4) is 0 Å². The van der Waals surface area contributed by atoms with Gasteiger partial charge in [-0.3, -0.25) is 0 Å². The van der Waals surface area contributed by atoms with Gasteiger partial charge in [-0.2, -0.15) is 0 Å². The number of rotatable bonds is 6. The largest absolute Gasteiger partial charge is 0.223 e. The average Bonchev–Trinajstić information content (AvgIpc) is 2.69. The van der Waals surface area contributed by atoms with Gasteiger partial charge >= 0.3 is 0 Å². The van der Waals surface area contributed by atoms with E-state index in [0.29, 0.717) is 4.90 Å². The number of benzene rings is 3. The lowest BCUT2D eigenvalue weighted by atomic mass is 10.1. The van der Waals surface area contributed by atoms with Crippen molar-refractivity contribution in [3.05, 3.63) is 114 Å². The fourth-order valence-electron chi connectivity index (χ4n) is 2.64. The summed E-state index contributed by atoms with van der Waals surface area (Å²) in [5.74, 6) is -0.0415. The van der Waals surface area contributed by atoms with Crippen molar-refractivity contribution in [2.24, 2.45) is 0 Å². The lowest BCUT2D eigenvalue weighted by Crippen LogP contribution is -2.08. The van der Waals surface area contributed by atoms with Gasteiger partial charge in [0.05, 0.1) is 10.6 Å². The third-order valence-electron chi connectivity index (χ3n) is 3.98. The molecule has 0 radical (unpaired) electrons. The Bertz CT molecular complexity index is 988. The van der Waals surface area contributed by atoms with Crippen LogP contribution < -0.4 is 0 Å². The normalized spacial score (nSPS) is 12.4. The molecule has 130 valence electrons. The zero-order chi connectivity index (χ0) is 18.2. The predicted octanol–water partition coefficient (Wildman–Crippen LogP) is 5.26. The first kappa shape index (κ1) is 17.9. The summed E-state index contributed by atoms with van der Waals surface area (Å²) >= 11 is 0. The molecule has 0 atom stereocenters. The highest BCUT2D eigenvalue weighted by Crippen LogP contribution is 2.21. The van der Waals surface area contributed by atoms with Crippen LogP contribution >= 0.6 is 0 Å². The van der Waals surface area contributed by atoms with Gasteiger partial charge in [0, 0.05) is 0 Å². The molecule has 0 aliphatic rings. The van der Waals surface area contributed by atoms with E-state index in [1.807, 2.05) is 85.0 Å². The van der Waals surface area contributed by atoms with E-state index in [2.05, 4.69) is 0 Å². The molecule has 0 unspecified atom stereocenters. The third kappa shape index (κ3) is 4.80. The molecule has 0 aromatic heterocycles. The fraction of sp³-hybridized carbons (Fsp3) is 0.0435. The monoisotopic (exact) mass is 360 g/mol. The van der Waals surface area contributed by atoms with Crippen LogP contribution in [0.4, 0.5) is 0 Å². The summed E-state index contributed by atoms with van der Waals surface area (Å²) in [5, 5.41) is 0.